The Labute approximate surface area is 146 Å². The van der Waals surface area contributed by atoms with E-state index in [-0.39, 0.29) is 37.2 Å². The lowest BCUT2D eigenvalue weighted by Gasteiger charge is -2.32. The first kappa shape index (κ1) is 17.0. The number of hydrogen-bond donors (Lipinski definition) is 1. The van der Waals surface area contributed by atoms with Crippen molar-refractivity contribution < 1.29 is 28.9 Å². The molecule has 2 unspecified atom stereocenters. The van der Waals surface area contributed by atoms with Crippen molar-refractivity contribution in [1.29, 1.82) is 0 Å². The fourth-order valence-corrected chi connectivity index (χ4v) is 4.31. The summed E-state index contributed by atoms with van der Waals surface area (Å²) in [5.74, 6) is -1.55. The molecule has 4 heterocycles. The zero-order valence-corrected chi connectivity index (χ0v) is 14.9. The maximum atomic E-state index is 12.9. The number of esters is 2. The van der Waals surface area contributed by atoms with Crippen LogP contribution in [0.1, 0.15) is 33.6 Å². The molecular formula is C18H25NO6. The number of nitrogens with zero attached hydrogens (tertiary/aromatic N) is 1. The van der Waals surface area contributed by atoms with Gasteiger partial charge in [0.25, 0.3) is 0 Å². The predicted octanol–water partition coefficient (Wildman–Crippen LogP) is 0.404. The highest BCUT2D eigenvalue weighted by Crippen LogP contribution is 2.46. The third-order valence-corrected chi connectivity index (χ3v) is 6.36. The summed E-state index contributed by atoms with van der Waals surface area (Å²) >= 11 is 0. The number of carbonyl (C=O) groups excluding carboxylic acids is 2. The molecule has 0 aromatic rings. The summed E-state index contributed by atoms with van der Waals surface area (Å²) in [6.45, 7) is 6.70. The Balaban J connectivity index is 1.66. The zero-order valence-electron chi connectivity index (χ0n) is 14.9. The number of carbonyl (C=O) groups is 2. The van der Waals surface area contributed by atoms with Crippen molar-refractivity contribution in [2.75, 3.05) is 19.7 Å². The lowest BCUT2D eigenvalue weighted by atomic mass is 9.82. The van der Waals surface area contributed by atoms with Crippen LogP contribution in [-0.4, -0.2) is 71.1 Å². The molecule has 0 aromatic carbocycles. The van der Waals surface area contributed by atoms with E-state index in [9.17, 15) is 14.7 Å². The highest BCUT2D eigenvalue weighted by molar-refractivity contribution is 5.84. The Kier molecular flexibility index (Phi) is 3.76. The molecule has 1 spiro atoms. The second-order valence-corrected chi connectivity index (χ2v) is 7.93. The Morgan fingerprint density at radius 1 is 1.28 bits per heavy atom. The Morgan fingerprint density at radius 2 is 2.00 bits per heavy atom. The van der Waals surface area contributed by atoms with Gasteiger partial charge in [0.05, 0.1) is 12.1 Å². The number of hydrogen-bond acceptors (Lipinski definition) is 7. The van der Waals surface area contributed by atoms with Crippen molar-refractivity contribution >= 4 is 11.9 Å². The second-order valence-electron chi connectivity index (χ2n) is 7.93. The van der Waals surface area contributed by atoms with Crippen LogP contribution in [-0.2, 0) is 23.8 Å². The van der Waals surface area contributed by atoms with Crippen molar-refractivity contribution in [2.45, 2.75) is 63.1 Å². The van der Waals surface area contributed by atoms with Gasteiger partial charge in [-0.15, -0.1) is 0 Å². The van der Waals surface area contributed by atoms with E-state index < -0.39 is 23.1 Å². The quantitative estimate of drug-likeness (QED) is 0.384. The largest absolute Gasteiger partial charge is 0.459 e. The van der Waals surface area contributed by atoms with E-state index in [1.807, 2.05) is 13.0 Å². The monoisotopic (exact) mass is 351 g/mol. The normalized spacial score (nSPS) is 47.4. The van der Waals surface area contributed by atoms with Gasteiger partial charge in [0, 0.05) is 13.1 Å². The molecule has 0 aliphatic carbocycles. The molecule has 6 atom stereocenters. The van der Waals surface area contributed by atoms with Gasteiger partial charge in [-0.25, -0.2) is 9.59 Å². The highest BCUT2D eigenvalue weighted by Gasteiger charge is 2.64. The molecule has 138 valence electrons. The van der Waals surface area contributed by atoms with Crippen LogP contribution >= 0.6 is 0 Å². The van der Waals surface area contributed by atoms with Crippen LogP contribution in [0.5, 0.6) is 0 Å². The van der Waals surface area contributed by atoms with Crippen molar-refractivity contribution in [3.05, 3.63) is 11.6 Å². The van der Waals surface area contributed by atoms with Gasteiger partial charge in [0.2, 0.25) is 0 Å². The molecular weight excluding hydrogens is 326 g/mol. The van der Waals surface area contributed by atoms with Crippen LogP contribution in [0.3, 0.4) is 0 Å². The Morgan fingerprint density at radius 3 is 2.68 bits per heavy atom. The van der Waals surface area contributed by atoms with E-state index >= 15 is 0 Å². The molecule has 4 aliphatic rings. The summed E-state index contributed by atoms with van der Waals surface area (Å²) in [5.41, 5.74) is -1.82. The summed E-state index contributed by atoms with van der Waals surface area (Å²) in [4.78, 5) is 27.5. The summed E-state index contributed by atoms with van der Waals surface area (Å²) in [5, 5.41) is 10.7. The maximum Gasteiger partial charge on any atom is 0.341 e. The van der Waals surface area contributed by atoms with Crippen molar-refractivity contribution in [3.63, 3.8) is 0 Å². The first-order valence-electron chi connectivity index (χ1n) is 8.97. The number of ether oxygens (including phenoxy) is 3. The maximum absolute atomic E-state index is 12.9. The summed E-state index contributed by atoms with van der Waals surface area (Å²) in [6, 6.07) is -0.0512. The van der Waals surface area contributed by atoms with E-state index in [1.165, 1.54) is 6.92 Å². The van der Waals surface area contributed by atoms with Gasteiger partial charge >= 0.3 is 11.9 Å². The lowest BCUT2D eigenvalue weighted by molar-refractivity contribution is -0.172. The number of rotatable bonds is 0. The molecule has 7 nitrogen and oxygen atoms in total. The molecule has 4 aliphatic heterocycles. The minimum absolute atomic E-state index is 0.0512. The fourth-order valence-electron chi connectivity index (χ4n) is 4.31. The number of cyclic esters (lactones) is 1. The topological polar surface area (TPSA) is 88.6 Å². The summed E-state index contributed by atoms with van der Waals surface area (Å²) in [6.07, 6.45) is 2.48. The Hall–Kier alpha value is -1.44. The third-order valence-electron chi connectivity index (χ3n) is 6.36. The lowest BCUT2D eigenvalue weighted by Crippen LogP contribution is -2.48. The molecule has 1 N–H and O–H groups in total. The zero-order chi connectivity index (χ0) is 18.0. The van der Waals surface area contributed by atoms with Gasteiger partial charge in [-0.2, -0.15) is 0 Å². The van der Waals surface area contributed by atoms with E-state index in [0.29, 0.717) is 0 Å². The van der Waals surface area contributed by atoms with E-state index in [0.717, 1.165) is 25.1 Å². The highest BCUT2D eigenvalue weighted by atomic mass is 16.7. The Bertz CT molecular complexity index is 643. The van der Waals surface area contributed by atoms with Crippen LogP contribution in [0.25, 0.3) is 0 Å². The average Bonchev–Trinajstić information content (AvgIpc) is 2.91. The summed E-state index contributed by atoms with van der Waals surface area (Å²) in [7, 11) is 0. The van der Waals surface area contributed by atoms with E-state index in [4.69, 9.17) is 14.2 Å². The average molecular weight is 351 g/mol. The first-order chi connectivity index (χ1) is 11.8. The number of epoxide rings is 1. The smallest absolute Gasteiger partial charge is 0.341 e. The van der Waals surface area contributed by atoms with Crippen molar-refractivity contribution in [2.24, 2.45) is 5.92 Å². The third kappa shape index (κ3) is 2.52. The van der Waals surface area contributed by atoms with Gasteiger partial charge in [0.1, 0.15) is 12.7 Å². The first-order valence-corrected chi connectivity index (χ1v) is 8.97. The molecule has 0 bridgehead atoms. The minimum Gasteiger partial charge on any atom is -0.459 e. The van der Waals surface area contributed by atoms with Crippen LogP contribution in [0.4, 0.5) is 0 Å². The van der Waals surface area contributed by atoms with E-state index in [1.54, 1.807) is 6.92 Å². The summed E-state index contributed by atoms with van der Waals surface area (Å²) < 4.78 is 16.9. The SMILES string of the molecule is C[C@@H]1OC12C[C@H](C)C(C)(O)C(=O)OCC1=CCN3CC[C@@H](OC2=O)[C@@H]13. The van der Waals surface area contributed by atoms with Crippen molar-refractivity contribution in [1.82, 2.24) is 4.90 Å². The van der Waals surface area contributed by atoms with Crippen molar-refractivity contribution in [3.8, 4) is 0 Å². The van der Waals surface area contributed by atoms with Crippen LogP contribution < -0.4 is 0 Å². The predicted molar refractivity (Wildman–Crippen MR) is 86.6 cm³/mol. The molecule has 0 aromatic heterocycles. The molecule has 0 radical (unpaired) electrons. The van der Waals surface area contributed by atoms with Gasteiger partial charge in [-0.3, -0.25) is 4.90 Å². The van der Waals surface area contributed by atoms with Gasteiger partial charge in [-0.1, -0.05) is 13.0 Å². The molecule has 25 heavy (non-hydrogen) atoms. The molecule has 3 fully saturated rings. The standard InChI is InChI=1S/C18H25NO6/c1-10-8-18(11(2)25-18)16(21)24-13-5-7-19-6-4-12(14(13)19)9-23-15(20)17(10,3)22/h4,10-11,13-14,22H,5-9H2,1-3H3/t10-,11-,13+,14+,17?,18?/m0/s1. The number of aliphatic hydroxyl groups is 1. The van der Waals surface area contributed by atoms with Crippen LogP contribution in [0.2, 0.25) is 0 Å². The van der Waals surface area contributed by atoms with Gasteiger partial charge in [-0.05, 0) is 38.2 Å². The molecule has 0 saturated carbocycles. The van der Waals surface area contributed by atoms with Crippen LogP contribution in [0.15, 0.2) is 11.6 Å². The molecule has 3 saturated heterocycles. The second kappa shape index (κ2) is 5.53. The minimum atomic E-state index is -1.69. The molecule has 0 amide bonds. The van der Waals surface area contributed by atoms with Gasteiger partial charge < -0.3 is 19.3 Å². The fraction of sp³-hybridized carbons (Fsp3) is 0.778. The molecule has 4 rings (SSSR count). The molecule has 7 heteroatoms. The van der Waals surface area contributed by atoms with Gasteiger partial charge in [0.15, 0.2) is 11.2 Å². The van der Waals surface area contributed by atoms with E-state index in [2.05, 4.69) is 4.90 Å². The van der Waals surface area contributed by atoms with Crippen LogP contribution in [0, 0.1) is 5.92 Å².